The summed E-state index contributed by atoms with van der Waals surface area (Å²) < 4.78 is 7.00. The molecular formula is C14H19N3OS. The SMILES string of the molecule is CNC(CSc1cnn(C)c1)c1ccc(OC)cc1. The Kier molecular flexibility index (Phi) is 4.87. The molecule has 1 atom stereocenters. The minimum absolute atomic E-state index is 0.316. The van der Waals surface area contributed by atoms with Gasteiger partial charge in [0.05, 0.1) is 13.3 Å². The maximum absolute atomic E-state index is 5.18. The number of rotatable bonds is 6. The van der Waals surface area contributed by atoms with Gasteiger partial charge in [-0.15, -0.1) is 11.8 Å². The Morgan fingerprint density at radius 3 is 2.63 bits per heavy atom. The third-order valence-corrected chi connectivity index (χ3v) is 4.01. The van der Waals surface area contributed by atoms with Gasteiger partial charge in [0.15, 0.2) is 0 Å². The highest BCUT2D eigenvalue weighted by Gasteiger charge is 2.10. The van der Waals surface area contributed by atoms with Gasteiger partial charge in [-0.3, -0.25) is 4.68 Å². The van der Waals surface area contributed by atoms with Crippen molar-refractivity contribution in [3.63, 3.8) is 0 Å². The van der Waals surface area contributed by atoms with E-state index in [2.05, 4.69) is 22.5 Å². The predicted molar refractivity (Wildman–Crippen MR) is 78.7 cm³/mol. The average Bonchev–Trinajstić information content (AvgIpc) is 2.86. The summed E-state index contributed by atoms with van der Waals surface area (Å²) in [6, 6.07) is 8.51. The van der Waals surface area contributed by atoms with Crippen LogP contribution in [0.25, 0.3) is 0 Å². The van der Waals surface area contributed by atoms with Crippen molar-refractivity contribution in [1.82, 2.24) is 15.1 Å². The molecule has 1 unspecified atom stereocenters. The van der Waals surface area contributed by atoms with Crippen LogP contribution in [0.2, 0.25) is 0 Å². The number of nitrogens with zero attached hydrogens (tertiary/aromatic N) is 2. The van der Waals surface area contributed by atoms with Gasteiger partial charge >= 0.3 is 0 Å². The molecule has 0 radical (unpaired) electrons. The predicted octanol–water partition coefficient (Wildman–Crippen LogP) is 2.48. The molecule has 1 aromatic heterocycles. The van der Waals surface area contributed by atoms with E-state index in [1.54, 1.807) is 18.9 Å². The molecule has 0 saturated heterocycles. The lowest BCUT2D eigenvalue weighted by atomic mass is 10.1. The highest BCUT2D eigenvalue weighted by Crippen LogP contribution is 2.25. The average molecular weight is 277 g/mol. The van der Waals surface area contributed by atoms with Crippen LogP contribution in [0.15, 0.2) is 41.6 Å². The van der Waals surface area contributed by atoms with Gasteiger partial charge in [-0.2, -0.15) is 5.10 Å². The van der Waals surface area contributed by atoms with E-state index in [9.17, 15) is 0 Å². The number of aryl methyl sites for hydroxylation is 1. The molecule has 102 valence electrons. The first kappa shape index (κ1) is 14.0. The third-order valence-electron chi connectivity index (χ3n) is 2.96. The maximum atomic E-state index is 5.18. The van der Waals surface area contributed by atoms with E-state index in [1.165, 1.54) is 10.5 Å². The summed E-state index contributed by atoms with van der Waals surface area (Å²) in [4.78, 5) is 1.19. The molecule has 4 nitrogen and oxygen atoms in total. The van der Waals surface area contributed by atoms with E-state index in [1.807, 2.05) is 43.3 Å². The lowest BCUT2D eigenvalue weighted by Gasteiger charge is -2.16. The number of hydrogen-bond donors (Lipinski definition) is 1. The first-order valence-corrected chi connectivity index (χ1v) is 7.14. The summed E-state index contributed by atoms with van der Waals surface area (Å²) in [5.41, 5.74) is 1.26. The van der Waals surface area contributed by atoms with Crippen LogP contribution in [0.1, 0.15) is 11.6 Å². The normalized spacial score (nSPS) is 12.4. The Labute approximate surface area is 118 Å². The van der Waals surface area contributed by atoms with Crippen molar-refractivity contribution in [2.24, 2.45) is 7.05 Å². The second kappa shape index (κ2) is 6.63. The van der Waals surface area contributed by atoms with E-state index in [-0.39, 0.29) is 0 Å². The van der Waals surface area contributed by atoms with Crippen molar-refractivity contribution in [2.45, 2.75) is 10.9 Å². The van der Waals surface area contributed by atoms with E-state index < -0.39 is 0 Å². The molecule has 2 aromatic rings. The van der Waals surface area contributed by atoms with Gasteiger partial charge in [-0.1, -0.05) is 12.1 Å². The zero-order valence-corrected chi connectivity index (χ0v) is 12.3. The second-order valence-electron chi connectivity index (χ2n) is 4.28. The van der Waals surface area contributed by atoms with E-state index in [4.69, 9.17) is 4.74 Å². The Morgan fingerprint density at radius 2 is 2.11 bits per heavy atom. The summed E-state index contributed by atoms with van der Waals surface area (Å²) in [7, 11) is 5.60. The number of ether oxygens (including phenoxy) is 1. The Bertz CT molecular complexity index is 510. The van der Waals surface area contributed by atoms with Crippen LogP contribution >= 0.6 is 11.8 Å². The molecule has 5 heteroatoms. The van der Waals surface area contributed by atoms with E-state index in [0.29, 0.717) is 6.04 Å². The summed E-state index contributed by atoms with van der Waals surface area (Å²) in [5, 5.41) is 7.52. The summed E-state index contributed by atoms with van der Waals surface area (Å²) in [6.07, 6.45) is 3.93. The fourth-order valence-corrected chi connectivity index (χ4v) is 2.90. The number of methoxy groups -OCH3 is 1. The maximum Gasteiger partial charge on any atom is 0.118 e. The first-order valence-electron chi connectivity index (χ1n) is 6.15. The number of benzene rings is 1. The van der Waals surface area contributed by atoms with Crippen molar-refractivity contribution in [3.05, 3.63) is 42.2 Å². The molecule has 0 bridgehead atoms. The van der Waals surface area contributed by atoms with Crippen LogP contribution in [0.4, 0.5) is 0 Å². The smallest absolute Gasteiger partial charge is 0.118 e. The van der Waals surface area contributed by atoms with Crippen molar-refractivity contribution in [2.75, 3.05) is 19.9 Å². The number of nitrogens with one attached hydrogen (secondary N) is 1. The standard InChI is InChI=1S/C14H19N3OS/c1-15-14(10-19-13-8-16-17(2)9-13)11-4-6-12(18-3)7-5-11/h4-9,14-15H,10H2,1-3H3. The molecule has 1 heterocycles. The molecule has 0 aliphatic rings. The largest absolute Gasteiger partial charge is 0.497 e. The van der Waals surface area contributed by atoms with Crippen LogP contribution < -0.4 is 10.1 Å². The molecule has 0 aliphatic carbocycles. The van der Waals surface area contributed by atoms with Crippen LogP contribution in [-0.4, -0.2) is 29.7 Å². The molecule has 2 rings (SSSR count). The van der Waals surface area contributed by atoms with Gasteiger partial charge in [0, 0.05) is 29.9 Å². The number of aromatic nitrogens is 2. The van der Waals surface area contributed by atoms with Crippen LogP contribution in [0.3, 0.4) is 0 Å². The fourth-order valence-electron chi connectivity index (χ4n) is 1.84. The Morgan fingerprint density at radius 1 is 1.37 bits per heavy atom. The zero-order chi connectivity index (χ0) is 13.7. The van der Waals surface area contributed by atoms with Gasteiger partial charge in [0.2, 0.25) is 0 Å². The molecular weight excluding hydrogens is 258 g/mol. The lowest BCUT2D eigenvalue weighted by Crippen LogP contribution is -2.18. The third kappa shape index (κ3) is 3.75. The Balaban J connectivity index is 1.98. The summed E-state index contributed by atoms with van der Waals surface area (Å²) in [6.45, 7) is 0. The van der Waals surface area contributed by atoms with Crippen LogP contribution in [0, 0.1) is 0 Å². The van der Waals surface area contributed by atoms with E-state index >= 15 is 0 Å². The van der Waals surface area contributed by atoms with Crippen molar-refractivity contribution < 1.29 is 4.74 Å². The molecule has 1 N–H and O–H groups in total. The number of hydrogen-bond acceptors (Lipinski definition) is 4. The minimum atomic E-state index is 0.316. The minimum Gasteiger partial charge on any atom is -0.497 e. The lowest BCUT2D eigenvalue weighted by molar-refractivity contribution is 0.414. The fraction of sp³-hybridized carbons (Fsp3) is 0.357. The Hall–Kier alpha value is -1.46. The van der Waals surface area contributed by atoms with Gasteiger partial charge in [0.1, 0.15) is 5.75 Å². The van der Waals surface area contributed by atoms with Gasteiger partial charge < -0.3 is 10.1 Å². The molecule has 0 saturated carbocycles. The molecule has 1 aromatic carbocycles. The number of thioether (sulfide) groups is 1. The van der Waals surface area contributed by atoms with Gasteiger partial charge in [-0.05, 0) is 24.7 Å². The van der Waals surface area contributed by atoms with Crippen molar-refractivity contribution >= 4 is 11.8 Å². The second-order valence-corrected chi connectivity index (χ2v) is 5.37. The zero-order valence-electron chi connectivity index (χ0n) is 11.5. The van der Waals surface area contributed by atoms with Crippen LogP contribution in [-0.2, 0) is 7.05 Å². The molecule has 0 aliphatic heterocycles. The molecule has 19 heavy (non-hydrogen) atoms. The topological polar surface area (TPSA) is 39.1 Å². The van der Waals surface area contributed by atoms with Crippen molar-refractivity contribution in [3.8, 4) is 5.75 Å². The highest BCUT2D eigenvalue weighted by atomic mass is 32.2. The quantitative estimate of drug-likeness (QED) is 0.823. The molecule has 0 fully saturated rings. The first-order chi connectivity index (χ1) is 9.22. The monoisotopic (exact) mass is 277 g/mol. The highest BCUT2D eigenvalue weighted by molar-refractivity contribution is 7.99. The van der Waals surface area contributed by atoms with E-state index in [0.717, 1.165) is 11.5 Å². The van der Waals surface area contributed by atoms with Gasteiger partial charge in [-0.25, -0.2) is 0 Å². The van der Waals surface area contributed by atoms with Crippen molar-refractivity contribution in [1.29, 1.82) is 0 Å². The molecule has 0 spiro atoms. The van der Waals surface area contributed by atoms with Gasteiger partial charge in [0.25, 0.3) is 0 Å². The summed E-state index contributed by atoms with van der Waals surface area (Å²) >= 11 is 1.80. The molecule has 0 amide bonds. The summed E-state index contributed by atoms with van der Waals surface area (Å²) in [5.74, 6) is 1.85. The van der Waals surface area contributed by atoms with Crippen LogP contribution in [0.5, 0.6) is 5.75 Å².